The zero-order valence-corrected chi connectivity index (χ0v) is 14.3. The lowest BCUT2D eigenvalue weighted by Crippen LogP contribution is -2.60. The van der Waals surface area contributed by atoms with E-state index in [0.717, 1.165) is 64.1 Å². The second kappa shape index (κ2) is 6.97. The smallest absolute Gasteiger partial charge is 0.240 e. The molecule has 3 heterocycles. The standard InChI is InChI=1S/C18H28N4O/c1-3-15-5-6-16(20-13-15)14-22-11-7-18(8-12-22)17(23)19-9-4-10-21(18)2/h5-6,13H,3-4,7-12,14H2,1-2H3,(H,19,23). The summed E-state index contributed by atoms with van der Waals surface area (Å²) in [6, 6.07) is 4.30. The number of likely N-dealkylation sites (N-methyl/N-ethyl adjacent to an activating group) is 1. The first-order valence-electron chi connectivity index (χ1n) is 8.80. The summed E-state index contributed by atoms with van der Waals surface area (Å²) in [4.78, 5) is 21.8. The number of carbonyl (C=O) groups excluding carboxylic acids is 1. The zero-order valence-electron chi connectivity index (χ0n) is 14.3. The van der Waals surface area contributed by atoms with E-state index in [4.69, 9.17) is 0 Å². The minimum atomic E-state index is -0.299. The molecule has 2 aliphatic heterocycles. The summed E-state index contributed by atoms with van der Waals surface area (Å²) < 4.78 is 0. The molecule has 1 spiro atoms. The van der Waals surface area contributed by atoms with Gasteiger partial charge >= 0.3 is 0 Å². The normalized spacial score (nSPS) is 22.8. The van der Waals surface area contributed by atoms with Crippen molar-refractivity contribution in [2.24, 2.45) is 0 Å². The molecule has 5 nitrogen and oxygen atoms in total. The van der Waals surface area contributed by atoms with Gasteiger partial charge in [0.25, 0.3) is 0 Å². The lowest BCUT2D eigenvalue weighted by atomic mass is 9.85. The van der Waals surface area contributed by atoms with Crippen LogP contribution in [-0.4, -0.2) is 59.5 Å². The average molecular weight is 316 g/mol. The van der Waals surface area contributed by atoms with Crippen LogP contribution in [0.3, 0.4) is 0 Å². The summed E-state index contributed by atoms with van der Waals surface area (Å²) >= 11 is 0. The number of rotatable bonds is 3. The third kappa shape index (κ3) is 3.40. The predicted molar refractivity (Wildman–Crippen MR) is 91.1 cm³/mol. The number of hydrogen-bond acceptors (Lipinski definition) is 4. The van der Waals surface area contributed by atoms with E-state index in [1.807, 2.05) is 6.20 Å². The Kier molecular flexibility index (Phi) is 4.97. The SMILES string of the molecule is CCc1ccc(CN2CCC3(CC2)C(=O)NCCCN3C)nc1. The van der Waals surface area contributed by atoms with Crippen molar-refractivity contribution in [1.82, 2.24) is 20.1 Å². The van der Waals surface area contributed by atoms with Gasteiger partial charge in [-0.15, -0.1) is 0 Å². The molecule has 23 heavy (non-hydrogen) atoms. The van der Waals surface area contributed by atoms with Crippen molar-refractivity contribution in [2.75, 3.05) is 33.2 Å². The van der Waals surface area contributed by atoms with Crippen molar-refractivity contribution in [3.8, 4) is 0 Å². The third-order valence-electron chi connectivity index (χ3n) is 5.47. The molecule has 1 aromatic heterocycles. The number of aromatic nitrogens is 1. The molecule has 2 saturated heterocycles. The van der Waals surface area contributed by atoms with Gasteiger partial charge in [-0.05, 0) is 44.4 Å². The van der Waals surface area contributed by atoms with Crippen molar-refractivity contribution in [3.05, 3.63) is 29.6 Å². The van der Waals surface area contributed by atoms with Crippen LogP contribution < -0.4 is 5.32 Å². The Labute approximate surface area is 139 Å². The Hall–Kier alpha value is -1.46. The average Bonchev–Trinajstić information content (AvgIpc) is 2.71. The molecule has 0 saturated carbocycles. The Morgan fingerprint density at radius 1 is 1.26 bits per heavy atom. The van der Waals surface area contributed by atoms with Crippen LogP contribution in [0.1, 0.15) is 37.4 Å². The maximum Gasteiger partial charge on any atom is 0.240 e. The molecule has 1 amide bonds. The quantitative estimate of drug-likeness (QED) is 0.916. The minimum Gasteiger partial charge on any atom is -0.354 e. The Morgan fingerprint density at radius 2 is 2.04 bits per heavy atom. The van der Waals surface area contributed by atoms with E-state index in [2.05, 4.69) is 46.2 Å². The highest BCUT2D eigenvalue weighted by atomic mass is 16.2. The molecule has 0 aliphatic carbocycles. The van der Waals surface area contributed by atoms with E-state index in [1.165, 1.54) is 5.56 Å². The third-order valence-corrected chi connectivity index (χ3v) is 5.47. The molecule has 2 fully saturated rings. The second-order valence-corrected chi connectivity index (χ2v) is 6.85. The summed E-state index contributed by atoms with van der Waals surface area (Å²) in [6.45, 7) is 6.74. The monoisotopic (exact) mass is 316 g/mol. The fraction of sp³-hybridized carbons (Fsp3) is 0.667. The molecule has 2 aliphatic rings. The van der Waals surface area contributed by atoms with Crippen LogP contribution in [0.15, 0.2) is 18.3 Å². The highest BCUT2D eigenvalue weighted by Crippen LogP contribution is 2.30. The topological polar surface area (TPSA) is 48.5 Å². The first-order valence-corrected chi connectivity index (χ1v) is 8.80. The van der Waals surface area contributed by atoms with Gasteiger partial charge in [0.05, 0.1) is 5.69 Å². The van der Waals surface area contributed by atoms with E-state index >= 15 is 0 Å². The van der Waals surface area contributed by atoms with Crippen molar-refractivity contribution in [3.63, 3.8) is 0 Å². The van der Waals surface area contributed by atoms with Crippen LogP contribution in [0.5, 0.6) is 0 Å². The zero-order chi connectivity index (χ0) is 16.3. The van der Waals surface area contributed by atoms with Gasteiger partial charge in [-0.25, -0.2) is 0 Å². The lowest BCUT2D eigenvalue weighted by molar-refractivity contribution is -0.134. The Morgan fingerprint density at radius 3 is 2.70 bits per heavy atom. The number of nitrogens with zero attached hydrogens (tertiary/aromatic N) is 3. The Bertz CT molecular complexity index is 534. The molecule has 0 atom stereocenters. The van der Waals surface area contributed by atoms with Crippen LogP contribution in [0.25, 0.3) is 0 Å². The fourth-order valence-electron chi connectivity index (χ4n) is 3.75. The van der Waals surface area contributed by atoms with Crippen molar-refractivity contribution >= 4 is 5.91 Å². The van der Waals surface area contributed by atoms with E-state index in [0.29, 0.717) is 0 Å². The van der Waals surface area contributed by atoms with Gasteiger partial charge in [-0.2, -0.15) is 0 Å². The van der Waals surface area contributed by atoms with Gasteiger partial charge in [-0.3, -0.25) is 19.6 Å². The maximum atomic E-state index is 12.6. The molecule has 1 N–H and O–H groups in total. The van der Waals surface area contributed by atoms with Gasteiger partial charge in [0, 0.05) is 38.9 Å². The van der Waals surface area contributed by atoms with E-state index in [9.17, 15) is 4.79 Å². The van der Waals surface area contributed by atoms with Crippen LogP contribution in [-0.2, 0) is 17.8 Å². The van der Waals surface area contributed by atoms with Gasteiger partial charge in [0.15, 0.2) is 0 Å². The summed E-state index contributed by atoms with van der Waals surface area (Å²) in [7, 11) is 2.10. The summed E-state index contributed by atoms with van der Waals surface area (Å²) in [6.07, 6.45) is 5.86. The molecule has 0 aromatic carbocycles. The second-order valence-electron chi connectivity index (χ2n) is 6.85. The summed E-state index contributed by atoms with van der Waals surface area (Å²) in [5, 5.41) is 3.10. The lowest BCUT2D eigenvalue weighted by Gasteiger charge is -2.44. The van der Waals surface area contributed by atoms with E-state index < -0.39 is 0 Å². The van der Waals surface area contributed by atoms with Crippen LogP contribution in [0, 0.1) is 0 Å². The van der Waals surface area contributed by atoms with Crippen LogP contribution in [0.2, 0.25) is 0 Å². The number of amides is 1. The maximum absolute atomic E-state index is 12.6. The highest BCUT2D eigenvalue weighted by molar-refractivity contribution is 5.86. The number of carbonyl (C=O) groups is 1. The van der Waals surface area contributed by atoms with Crippen LogP contribution >= 0.6 is 0 Å². The number of piperidine rings is 1. The highest BCUT2D eigenvalue weighted by Gasteiger charge is 2.45. The number of aryl methyl sites for hydroxylation is 1. The number of pyridine rings is 1. The number of likely N-dealkylation sites (tertiary alicyclic amines) is 1. The van der Waals surface area contributed by atoms with Gasteiger partial charge in [-0.1, -0.05) is 13.0 Å². The predicted octanol–water partition coefficient (Wildman–Crippen LogP) is 1.43. The minimum absolute atomic E-state index is 0.225. The van der Waals surface area contributed by atoms with Crippen molar-refractivity contribution in [2.45, 2.75) is 44.7 Å². The first-order chi connectivity index (χ1) is 11.1. The molecule has 5 heteroatoms. The molecule has 1 aromatic rings. The van der Waals surface area contributed by atoms with Crippen LogP contribution in [0.4, 0.5) is 0 Å². The fourth-order valence-corrected chi connectivity index (χ4v) is 3.75. The molecule has 3 rings (SSSR count). The summed E-state index contributed by atoms with van der Waals surface area (Å²) in [5.41, 5.74) is 2.10. The molecule has 0 bridgehead atoms. The number of hydrogen-bond donors (Lipinski definition) is 1. The van der Waals surface area contributed by atoms with E-state index in [-0.39, 0.29) is 11.4 Å². The molecule has 126 valence electrons. The molecular weight excluding hydrogens is 288 g/mol. The first kappa shape index (κ1) is 16.4. The van der Waals surface area contributed by atoms with Gasteiger partial charge in [0.1, 0.15) is 5.54 Å². The van der Waals surface area contributed by atoms with Gasteiger partial charge in [0.2, 0.25) is 5.91 Å². The molecule has 0 radical (unpaired) electrons. The summed E-state index contributed by atoms with van der Waals surface area (Å²) in [5.74, 6) is 0.225. The van der Waals surface area contributed by atoms with Crippen molar-refractivity contribution < 1.29 is 4.79 Å². The molecule has 0 unspecified atom stereocenters. The Balaban J connectivity index is 1.61. The van der Waals surface area contributed by atoms with Gasteiger partial charge < -0.3 is 5.32 Å². The molecular formula is C18H28N4O. The van der Waals surface area contributed by atoms with E-state index in [1.54, 1.807) is 0 Å². The number of nitrogens with one attached hydrogen (secondary N) is 1. The van der Waals surface area contributed by atoms with Crippen molar-refractivity contribution in [1.29, 1.82) is 0 Å². The largest absolute Gasteiger partial charge is 0.354 e.